The van der Waals surface area contributed by atoms with Gasteiger partial charge >= 0.3 is 0 Å². The lowest BCUT2D eigenvalue weighted by Gasteiger charge is -2.27. The molecule has 1 aliphatic rings. The van der Waals surface area contributed by atoms with Crippen LogP contribution in [0, 0.1) is 6.92 Å². The van der Waals surface area contributed by atoms with Crippen molar-refractivity contribution in [2.75, 3.05) is 31.2 Å². The van der Waals surface area contributed by atoms with Crippen molar-refractivity contribution in [3.63, 3.8) is 0 Å². The highest BCUT2D eigenvalue weighted by Gasteiger charge is 2.20. The van der Waals surface area contributed by atoms with Gasteiger partial charge in [0.05, 0.1) is 19.5 Å². The third-order valence-corrected chi connectivity index (χ3v) is 5.45. The first-order chi connectivity index (χ1) is 15.3. The molecule has 3 heterocycles. The van der Waals surface area contributed by atoms with E-state index in [1.54, 1.807) is 0 Å². The van der Waals surface area contributed by atoms with Crippen LogP contribution in [0.4, 0.5) is 5.95 Å². The van der Waals surface area contributed by atoms with Crippen LogP contribution in [0.25, 0.3) is 28.5 Å². The Morgan fingerprint density at radius 1 is 1.00 bits per heavy atom. The topological polar surface area (TPSA) is 56.1 Å². The van der Waals surface area contributed by atoms with Gasteiger partial charge < -0.3 is 14.2 Å². The molecule has 0 N–H and O–H groups in total. The van der Waals surface area contributed by atoms with E-state index in [1.807, 2.05) is 24.5 Å². The maximum atomic E-state index is 5.52. The maximum Gasteiger partial charge on any atom is 0.228 e. The summed E-state index contributed by atoms with van der Waals surface area (Å²) in [5.74, 6) is 0.737. The molecule has 2 aromatic heterocycles. The van der Waals surface area contributed by atoms with Crippen LogP contribution in [0.5, 0.6) is 0 Å². The molecule has 6 nitrogen and oxygen atoms in total. The van der Waals surface area contributed by atoms with Crippen molar-refractivity contribution in [1.29, 1.82) is 0 Å². The molecule has 31 heavy (non-hydrogen) atoms. The first-order valence-corrected chi connectivity index (χ1v) is 10.6. The van der Waals surface area contributed by atoms with E-state index in [-0.39, 0.29) is 0 Å². The fourth-order valence-electron chi connectivity index (χ4n) is 3.83. The molecule has 0 bridgehead atoms. The molecule has 156 valence electrons. The van der Waals surface area contributed by atoms with Crippen molar-refractivity contribution in [2.45, 2.75) is 13.5 Å². The van der Waals surface area contributed by atoms with Crippen LogP contribution in [0.3, 0.4) is 0 Å². The average Bonchev–Trinajstić information content (AvgIpc) is 3.23. The van der Waals surface area contributed by atoms with Gasteiger partial charge in [-0.3, -0.25) is 0 Å². The Balaban J connectivity index is 1.56. The molecule has 6 heteroatoms. The number of benzene rings is 2. The van der Waals surface area contributed by atoms with E-state index in [0.717, 1.165) is 41.5 Å². The monoisotopic (exact) mass is 411 g/mol. The highest BCUT2D eigenvalue weighted by atomic mass is 16.5. The molecule has 0 radical (unpaired) electrons. The third kappa shape index (κ3) is 4.20. The predicted octanol–water partition coefficient (Wildman–Crippen LogP) is 4.35. The Bertz CT molecular complexity index is 1210. The van der Waals surface area contributed by atoms with Crippen molar-refractivity contribution < 1.29 is 4.74 Å². The Labute approximate surface area is 181 Å². The fraction of sp³-hybridized carbons (Fsp3) is 0.240. The normalized spacial score (nSPS) is 14.5. The molecular weight excluding hydrogens is 386 g/mol. The van der Waals surface area contributed by atoms with Crippen molar-refractivity contribution in [2.24, 2.45) is 0 Å². The minimum absolute atomic E-state index is 0.693. The SMILES string of the molecule is Cc1cccc(-c2nc(N3CCOCC3)nc3c2ncn3C/C=C/c2ccccc2)c1. The molecule has 1 saturated heterocycles. The second-order valence-corrected chi connectivity index (χ2v) is 7.72. The number of nitrogens with zero attached hydrogens (tertiary/aromatic N) is 5. The lowest BCUT2D eigenvalue weighted by atomic mass is 10.1. The molecule has 0 spiro atoms. The summed E-state index contributed by atoms with van der Waals surface area (Å²) in [6, 6.07) is 18.7. The smallest absolute Gasteiger partial charge is 0.228 e. The van der Waals surface area contributed by atoms with Gasteiger partial charge in [-0.05, 0) is 18.6 Å². The first-order valence-electron chi connectivity index (χ1n) is 10.6. The van der Waals surface area contributed by atoms with Gasteiger partial charge in [0.15, 0.2) is 5.65 Å². The lowest BCUT2D eigenvalue weighted by molar-refractivity contribution is 0.122. The average molecular weight is 412 g/mol. The molecule has 0 amide bonds. The Hall–Kier alpha value is -3.51. The number of morpholine rings is 1. The van der Waals surface area contributed by atoms with E-state index in [2.05, 4.69) is 64.9 Å². The predicted molar refractivity (Wildman–Crippen MR) is 124 cm³/mol. The van der Waals surface area contributed by atoms with Gasteiger partial charge in [-0.25, -0.2) is 9.97 Å². The number of aryl methyl sites for hydroxylation is 1. The number of aromatic nitrogens is 4. The van der Waals surface area contributed by atoms with Crippen molar-refractivity contribution in [1.82, 2.24) is 19.5 Å². The van der Waals surface area contributed by atoms with Gasteiger partial charge in [-0.15, -0.1) is 0 Å². The number of rotatable bonds is 5. The fourth-order valence-corrected chi connectivity index (χ4v) is 3.83. The number of hydrogen-bond acceptors (Lipinski definition) is 5. The number of fused-ring (bicyclic) bond motifs is 1. The summed E-state index contributed by atoms with van der Waals surface area (Å²) >= 11 is 0. The molecule has 0 aliphatic carbocycles. The second kappa shape index (κ2) is 8.70. The second-order valence-electron chi connectivity index (χ2n) is 7.72. The number of anilines is 1. The van der Waals surface area contributed by atoms with E-state index in [4.69, 9.17) is 19.7 Å². The minimum atomic E-state index is 0.693. The van der Waals surface area contributed by atoms with Gasteiger partial charge in [-0.2, -0.15) is 4.98 Å². The third-order valence-electron chi connectivity index (χ3n) is 5.45. The highest BCUT2D eigenvalue weighted by Crippen LogP contribution is 2.28. The number of ether oxygens (including phenoxy) is 1. The van der Waals surface area contributed by atoms with Crippen LogP contribution in [0.15, 0.2) is 67.0 Å². The van der Waals surface area contributed by atoms with Crippen molar-refractivity contribution in [3.05, 3.63) is 78.1 Å². The molecule has 4 aromatic rings. The summed E-state index contributed by atoms with van der Waals surface area (Å²) in [4.78, 5) is 16.8. The van der Waals surface area contributed by atoms with E-state index >= 15 is 0 Å². The van der Waals surface area contributed by atoms with Crippen LogP contribution in [0.1, 0.15) is 11.1 Å². The molecule has 2 aromatic carbocycles. The zero-order valence-electron chi connectivity index (χ0n) is 17.6. The van der Waals surface area contributed by atoms with Crippen LogP contribution in [-0.2, 0) is 11.3 Å². The number of allylic oxidation sites excluding steroid dienone is 1. The van der Waals surface area contributed by atoms with E-state index < -0.39 is 0 Å². The summed E-state index contributed by atoms with van der Waals surface area (Å²) in [6.07, 6.45) is 6.12. The van der Waals surface area contributed by atoms with Crippen LogP contribution in [0.2, 0.25) is 0 Å². The van der Waals surface area contributed by atoms with Crippen LogP contribution >= 0.6 is 0 Å². The van der Waals surface area contributed by atoms with E-state index in [0.29, 0.717) is 19.8 Å². The maximum absolute atomic E-state index is 5.52. The summed E-state index contributed by atoms with van der Waals surface area (Å²) in [5.41, 5.74) is 5.99. The van der Waals surface area contributed by atoms with Crippen LogP contribution in [-0.4, -0.2) is 45.8 Å². The minimum Gasteiger partial charge on any atom is -0.378 e. The van der Waals surface area contributed by atoms with Crippen molar-refractivity contribution in [3.8, 4) is 11.3 Å². The highest BCUT2D eigenvalue weighted by molar-refractivity contribution is 5.88. The van der Waals surface area contributed by atoms with Crippen molar-refractivity contribution >= 4 is 23.2 Å². The van der Waals surface area contributed by atoms with E-state index in [9.17, 15) is 0 Å². The Kier molecular flexibility index (Phi) is 5.46. The zero-order valence-corrected chi connectivity index (χ0v) is 17.6. The molecular formula is C25H25N5O. The van der Waals surface area contributed by atoms with Gasteiger partial charge in [0.25, 0.3) is 0 Å². The molecule has 1 fully saturated rings. The molecule has 0 unspecified atom stereocenters. The van der Waals surface area contributed by atoms with E-state index in [1.165, 1.54) is 11.1 Å². The zero-order chi connectivity index (χ0) is 21.0. The molecule has 0 atom stereocenters. The molecule has 5 rings (SSSR count). The summed E-state index contributed by atoms with van der Waals surface area (Å²) in [7, 11) is 0. The summed E-state index contributed by atoms with van der Waals surface area (Å²) < 4.78 is 7.60. The van der Waals surface area contributed by atoms with Gasteiger partial charge in [0, 0.05) is 25.2 Å². The lowest BCUT2D eigenvalue weighted by Crippen LogP contribution is -2.37. The largest absolute Gasteiger partial charge is 0.378 e. The number of hydrogen-bond donors (Lipinski definition) is 0. The van der Waals surface area contributed by atoms with Gasteiger partial charge in [0.1, 0.15) is 11.2 Å². The quantitative estimate of drug-likeness (QED) is 0.489. The Morgan fingerprint density at radius 2 is 1.84 bits per heavy atom. The Morgan fingerprint density at radius 3 is 2.65 bits per heavy atom. The van der Waals surface area contributed by atoms with Crippen LogP contribution < -0.4 is 4.90 Å². The molecule has 0 saturated carbocycles. The first kappa shape index (κ1) is 19.5. The summed E-state index contributed by atoms with van der Waals surface area (Å²) in [6.45, 7) is 5.76. The number of imidazole rings is 1. The summed E-state index contributed by atoms with van der Waals surface area (Å²) in [5, 5.41) is 0. The standard InChI is InChI=1S/C25H25N5O/c1-19-7-5-11-21(17-19)22-23-24(28-25(27-22)29-13-15-31-16-14-29)30(18-26-23)12-6-10-20-8-3-2-4-9-20/h2-11,17-18H,12-16H2,1H3/b10-6+. The molecule has 1 aliphatic heterocycles. The van der Waals surface area contributed by atoms with Gasteiger partial charge in [-0.1, -0.05) is 66.2 Å². The van der Waals surface area contributed by atoms with Gasteiger partial charge in [0.2, 0.25) is 5.95 Å².